The second-order valence-electron chi connectivity index (χ2n) is 5.60. The van der Waals surface area contributed by atoms with Crippen molar-refractivity contribution in [3.05, 3.63) is 23.3 Å². The lowest BCUT2D eigenvalue weighted by atomic mass is 9.94. The molecule has 0 spiro atoms. The maximum Gasteiger partial charge on any atom is 0.230 e. The number of carbonyl (C=O) groups is 2. The molecule has 1 N–H and O–H groups in total. The van der Waals surface area contributed by atoms with Gasteiger partial charge in [0.1, 0.15) is 5.82 Å². The van der Waals surface area contributed by atoms with Crippen LogP contribution in [0.15, 0.2) is 6.20 Å². The lowest BCUT2D eigenvalue weighted by molar-refractivity contribution is -0.136. The molecule has 20 heavy (non-hydrogen) atoms. The third kappa shape index (κ3) is 2.70. The van der Waals surface area contributed by atoms with Gasteiger partial charge in [-0.25, -0.2) is 9.97 Å². The largest absolute Gasteiger partial charge is 0.302 e. The van der Waals surface area contributed by atoms with Gasteiger partial charge in [-0.3, -0.25) is 14.9 Å². The van der Waals surface area contributed by atoms with Crippen molar-refractivity contribution in [1.82, 2.24) is 20.2 Å². The van der Waals surface area contributed by atoms with E-state index in [0.717, 1.165) is 25.2 Å². The molecule has 0 radical (unpaired) electrons. The molecule has 6 heteroatoms. The van der Waals surface area contributed by atoms with E-state index in [1.807, 2.05) is 6.20 Å². The van der Waals surface area contributed by atoms with Crippen molar-refractivity contribution in [3.63, 3.8) is 0 Å². The van der Waals surface area contributed by atoms with Gasteiger partial charge in [0.25, 0.3) is 0 Å². The highest BCUT2D eigenvalue weighted by atomic mass is 16.2. The van der Waals surface area contributed by atoms with E-state index in [0.29, 0.717) is 25.1 Å². The molecule has 1 aromatic heterocycles. The summed E-state index contributed by atoms with van der Waals surface area (Å²) in [5.74, 6) is 0.155. The Balaban J connectivity index is 1.72. The van der Waals surface area contributed by atoms with Crippen LogP contribution in [0, 0.1) is 5.92 Å². The first-order chi connectivity index (χ1) is 9.61. The van der Waals surface area contributed by atoms with E-state index in [4.69, 9.17) is 0 Å². The fraction of sp³-hybridized carbons (Fsp3) is 0.571. The van der Waals surface area contributed by atoms with Gasteiger partial charge in [0.15, 0.2) is 0 Å². The van der Waals surface area contributed by atoms with Crippen molar-refractivity contribution in [2.24, 2.45) is 5.92 Å². The Morgan fingerprint density at radius 3 is 3.05 bits per heavy atom. The number of likely N-dealkylation sites (N-methyl/N-ethyl adjacent to an activating group) is 1. The monoisotopic (exact) mass is 274 g/mol. The minimum absolute atomic E-state index is 0.180. The number of aromatic nitrogens is 2. The molecular formula is C14H18N4O2. The first-order valence-corrected chi connectivity index (χ1v) is 6.97. The SMILES string of the molecule is CN1CCc2nc(CC3CCC(=O)NC3=O)ncc2C1. The van der Waals surface area contributed by atoms with E-state index in [1.54, 1.807) is 0 Å². The molecule has 3 rings (SSSR count). The van der Waals surface area contributed by atoms with Gasteiger partial charge in [0.05, 0.1) is 0 Å². The highest BCUT2D eigenvalue weighted by Gasteiger charge is 2.27. The van der Waals surface area contributed by atoms with E-state index in [2.05, 4.69) is 27.2 Å². The average molecular weight is 274 g/mol. The summed E-state index contributed by atoms with van der Waals surface area (Å²) in [7, 11) is 2.08. The number of piperidine rings is 1. The Morgan fingerprint density at radius 2 is 2.25 bits per heavy atom. The van der Waals surface area contributed by atoms with Crippen LogP contribution in [0.2, 0.25) is 0 Å². The Hall–Kier alpha value is -1.82. The lowest BCUT2D eigenvalue weighted by Crippen LogP contribution is -2.41. The summed E-state index contributed by atoms with van der Waals surface area (Å²) in [6.45, 7) is 1.88. The predicted octanol–water partition coefficient (Wildman–Crippen LogP) is 0.0598. The second-order valence-corrected chi connectivity index (χ2v) is 5.60. The highest BCUT2D eigenvalue weighted by Crippen LogP contribution is 2.19. The molecular weight excluding hydrogens is 256 g/mol. The fourth-order valence-corrected chi connectivity index (χ4v) is 2.75. The Labute approximate surface area is 117 Å². The summed E-state index contributed by atoms with van der Waals surface area (Å²) >= 11 is 0. The molecule has 6 nitrogen and oxygen atoms in total. The summed E-state index contributed by atoms with van der Waals surface area (Å²) < 4.78 is 0. The average Bonchev–Trinajstić information content (AvgIpc) is 2.42. The Kier molecular flexibility index (Phi) is 3.48. The highest BCUT2D eigenvalue weighted by molar-refractivity contribution is 5.98. The van der Waals surface area contributed by atoms with Crippen molar-refractivity contribution in [2.75, 3.05) is 13.6 Å². The summed E-state index contributed by atoms with van der Waals surface area (Å²) in [6, 6.07) is 0. The predicted molar refractivity (Wildman–Crippen MR) is 71.6 cm³/mol. The van der Waals surface area contributed by atoms with Crippen LogP contribution in [0.4, 0.5) is 0 Å². The van der Waals surface area contributed by atoms with E-state index in [1.165, 1.54) is 5.56 Å². The smallest absolute Gasteiger partial charge is 0.230 e. The molecule has 0 bridgehead atoms. The number of amides is 2. The van der Waals surface area contributed by atoms with Crippen molar-refractivity contribution >= 4 is 11.8 Å². The number of carbonyl (C=O) groups excluding carboxylic acids is 2. The van der Waals surface area contributed by atoms with Gasteiger partial charge < -0.3 is 4.90 Å². The van der Waals surface area contributed by atoms with Gasteiger partial charge in [-0.05, 0) is 13.5 Å². The standard InChI is InChI=1S/C14H18N4O2/c1-18-5-4-11-10(8-18)7-15-12(16-11)6-9-2-3-13(19)17-14(9)20/h7,9H,2-6,8H2,1H3,(H,17,19,20). The molecule has 1 fully saturated rings. The van der Waals surface area contributed by atoms with E-state index in [9.17, 15) is 9.59 Å². The van der Waals surface area contributed by atoms with Gasteiger partial charge in [-0.2, -0.15) is 0 Å². The first-order valence-electron chi connectivity index (χ1n) is 6.97. The minimum Gasteiger partial charge on any atom is -0.302 e. The van der Waals surface area contributed by atoms with Crippen LogP contribution in [0.1, 0.15) is 29.9 Å². The van der Waals surface area contributed by atoms with Gasteiger partial charge >= 0.3 is 0 Å². The van der Waals surface area contributed by atoms with Crippen molar-refractivity contribution in [1.29, 1.82) is 0 Å². The first kappa shape index (κ1) is 13.2. The second kappa shape index (κ2) is 5.28. The van der Waals surface area contributed by atoms with E-state index in [-0.39, 0.29) is 17.7 Å². The number of imide groups is 1. The van der Waals surface area contributed by atoms with E-state index >= 15 is 0 Å². The number of nitrogens with one attached hydrogen (secondary N) is 1. The molecule has 1 unspecified atom stereocenters. The Bertz CT molecular complexity index is 558. The van der Waals surface area contributed by atoms with Crippen LogP contribution in [-0.2, 0) is 29.0 Å². The zero-order valence-electron chi connectivity index (χ0n) is 11.6. The molecule has 2 aliphatic heterocycles. The van der Waals surface area contributed by atoms with Crippen LogP contribution in [0.5, 0.6) is 0 Å². The summed E-state index contributed by atoms with van der Waals surface area (Å²) in [5.41, 5.74) is 2.27. The van der Waals surface area contributed by atoms with Crippen LogP contribution in [0.3, 0.4) is 0 Å². The van der Waals surface area contributed by atoms with Crippen LogP contribution in [-0.4, -0.2) is 40.3 Å². The van der Waals surface area contributed by atoms with Crippen molar-refractivity contribution in [2.45, 2.75) is 32.2 Å². The number of nitrogens with zero attached hydrogens (tertiary/aromatic N) is 3. The zero-order valence-corrected chi connectivity index (χ0v) is 11.6. The maximum absolute atomic E-state index is 11.7. The number of fused-ring (bicyclic) bond motifs is 1. The molecule has 0 aliphatic carbocycles. The summed E-state index contributed by atoms with van der Waals surface area (Å²) in [4.78, 5) is 34.1. The quantitative estimate of drug-likeness (QED) is 0.772. The molecule has 1 atom stereocenters. The van der Waals surface area contributed by atoms with Gasteiger partial charge in [0, 0.05) is 55.7 Å². The van der Waals surface area contributed by atoms with Crippen LogP contribution >= 0.6 is 0 Å². The molecule has 0 aromatic carbocycles. The Morgan fingerprint density at radius 1 is 1.40 bits per heavy atom. The third-order valence-electron chi connectivity index (χ3n) is 3.96. The van der Waals surface area contributed by atoms with Crippen molar-refractivity contribution < 1.29 is 9.59 Å². The normalized spacial score (nSPS) is 23.4. The molecule has 2 aliphatic rings. The summed E-state index contributed by atoms with van der Waals surface area (Å²) in [5, 5.41) is 2.38. The molecule has 2 amide bonds. The third-order valence-corrected chi connectivity index (χ3v) is 3.96. The molecule has 0 saturated carbocycles. The number of rotatable bonds is 2. The van der Waals surface area contributed by atoms with Gasteiger partial charge in [-0.1, -0.05) is 0 Å². The fourth-order valence-electron chi connectivity index (χ4n) is 2.75. The zero-order chi connectivity index (χ0) is 14.1. The van der Waals surface area contributed by atoms with Crippen LogP contribution in [0.25, 0.3) is 0 Å². The molecule has 3 heterocycles. The van der Waals surface area contributed by atoms with Gasteiger partial charge in [-0.15, -0.1) is 0 Å². The molecule has 106 valence electrons. The number of hydrogen-bond donors (Lipinski definition) is 1. The minimum atomic E-state index is -0.192. The molecule has 1 saturated heterocycles. The van der Waals surface area contributed by atoms with E-state index < -0.39 is 0 Å². The summed E-state index contributed by atoms with van der Waals surface area (Å²) in [6.07, 6.45) is 4.32. The maximum atomic E-state index is 11.7. The lowest BCUT2D eigenvalue weighted by Gasteiger charge is -2.24. The molecule has 1 aromatic rings. The van der Waals surface area contributed by atoms with Gasteiger partial charge in [0.2, 0.25) is 11.8 Å². The topological polar surface area (TPSA) is 75.2 Å². The number of hydrogen-bond acceptors (Lipinski definition) is 5. The van der Waals surface area contributed by atoms with Crippen molar-refractivity contribution in [3.8, 4) is 0 Å². The van der Waals surface area contributed by atoms with Crippen LogP contribution < -0.4 is 5.32 Å².